The van der Waals surface area contributed by atoms with E-state index in [2.05, 4.69) is 15.2 Å². The third-order valence-corrected chi connectivity index (χ3v) is 4.64. The quantitative estimate of drug-likeness (QED) is 0.877. The van der Waals surface area contributed by atoms with E-state index >= 15 is 0 Å². The van der Waals surface area contributed by atoms with Crippen LogP contribution >= 0.6 is 11.6 Å². The summed E-state index contributed by atoms with van der Waals surface area (Å²) in [7, 11) is 0. The largest absolute Gasteiger partial charge is 0.492 e. The minimum absolute atomic E-state index is 0.0214. The van der Waals surface area contributed by atoms with Crippen molar-refractivity contribution in [2.24, 2.45) is 5.92 Å². The van der Waals surface area contributed by atoms with E-state index in [1.165, 1.54) is 0 Å². The zero-order chi connectivity index (χ0) is 16.1. The fourth-order valence-electron chi connectivity index (χ4n) is 2.96. The van der Waals surface area contributed by atoms with Crippen molar-refractivity contribution in [2.75, 3.05) is 39.4 Å². The van der Waals surface area contributed by atoms with Crippen LogP contribution in [0.4, 0.5) is 0 Å². The first-order valence-electron chi connectivity index (χ1n) is 8.03. The first-order valence-corrected chi connectivity index (χ1v) is 8.41. The Labute approximate surface area is 141 Å². The molecular weight excluding hydrogens is 318 g/mol. The van der Waals surface area contributed by atoms with Crippen LogP contribution in [0.5, 0.6) is 5.75 Å². The number of pyridine rings is 1. The van der Waals surface area contributed by atoms with Crippen molar-refractivity contribution < 1.29 is 14.3 Å². The van der Waals surface area contributed by atoms with Crippen molar-refractivity contribution in [3.8, 4) is 5.75 Å². The summed E-state index contributed by atoms with van der Waals surface area (Å²) in [6.45, 7) is 4.43. The number of carbonyl (C=O) groups is 1. The van der Waals surface area contributed by atoms with Gasteiger partial charge >= 0.3 is 0 Å². The van der Waals surface area contributed by atoms with E-state index in [1.807, 2.05) is 0 Å². The number of likely N-dealkylation sites (tertiary alicyclic amines) is 1. The summed E-state index contributed by atoms with van der Waals surface area (Å²) >= 11 is 6.04. The molecule has 1 atom stereocenters. The third-order valence-electron chi connectivity index (χ3n) is 4.36. The van der Waals surface area contributed by atoms with Crippen molar-refractivity contribution in [1.29, 1.82) is 0 Å². The van der Waals surface area contributed by atoms with Crippen LogP contribution in [0.25, 0.3) is 0 Å². The maximum atomic E-state index is 11.1. The molecule has 0 aromatic carbocycles. The number of rotatable bonds is 5. The van der Waals surface area contributed by atoms with Gasteiger partial charge in [-0.1, -0.05) is 11.6 Å². The summed E-state index contributed by atoms with van der Waals surface area (Å²) in [5.41, 5.74) is 0. The lowest BCUT2D eigenvalue weighted by atomic mass is 9.97. The second-order valence-corrected chi connectivity index (χ2v) is 6.51. The number of nitrogens with zero attached hydrogens (tertiary/aromatic N) is 2. The van der Waals surface area contributed by atoms with Crippen molar-refractivity contribution in [2.45, 2.75) is 18.9 Å². The van der Waals surface area contributed by atoms with E-state index in [0.717, 1.165) is 32.5 Å². The molecule has 2 fully saturated rings. The number of hydrogen-bond acceptors (Lipinski definition) is 5. The molecule has 7 heteroatoms. The van der Waals surface area contributed by atoms with Crippen LogP contribution in [0, 0.1) is 5.92 Å². The second-order valence-electron chi connectivity index (χ2n) is 6.10. The fourth-order valence-corrected chi connectivity index (χ4v) is 3.13. The standard InChI is InChI=1S/C16H22ClN3O3/c17-14-8-18-4-1-15(14)23-10-12-2-5-20(6-3-12)9-13-7-19-16(21)11-22-13/h1,4,8,12-13H,2-3,5-7,9-11H2,(H,19,21). The number of amides is 1. The number of nitrogens with one attached hydrogen (secondary N) is 1. The molecule has 3 heterocycles. The predicted octanol–water partition coefficient (Wildman–Crippen LogP) is 1.34. The molecule has 23 heavy (non-hydrogen) atoms. The molecular formula is C16H22ClN3O3. The maximum absolute atomic E-state index is 11.1. The molecule has 2 aliphatic rings. The summed E-state index contributed by atoms with van der Waals surface area (Å²) in [6, 6.07) is 1.80. The molecule has 1 aromatic rings. The highest BCUT2D eigenvalue weighted by Gasteiger charge is 2.25. The molecule has 1 amide bonds. The molecule has 1 aromatic heterocycles. The topological polar surface area (TPSA) is 63.7 Å². The Balaban J connectivity index is 1.37. The molecule has 0 aliphatic carbocycles. The Kier molecular flexibility index (Phi) is 5.70. The molecule has 0 saturated carbocycles. The van der Waals surface area contributed by atoms with Gasteiger partial charge in [-0.05, 0) is 31.8 Å². The van der Waals surface area contributed by atoms with E-state index in [4.69, 9.17) is 21.1 Å². The summed E-state index contributed by atoms with van der Waals surface area (Å²) in [6.07, 6.45) is 5.59. The van der Waals surface area contributed by atoms with Crippen molar-refractivity contribution in [3.63, 3.8) is 0 Å². The van der Waals surface area contributed by atoms with Crippen LogP contribution in [0.3, 0.4) is 0 Å². The minimum Gasteiger partial charge on any atom is -0.492 e. The molecule has 0 radical (unpaired) electrons. The van der Waals surface area contributed by atoms with Crippen LogP contribution in [0.15, 0.2) is 18.5 Å². The van der Waals surface area contributed by atoms with E-state index < -0.39 is 0 Å². The third kappa shape index (κ3) is 4.80. The molecule has 0 bridgehead atoms. The van der Waals surface area contributed by atoms with Gasteiger partial charge in [0.15, 0.2) is 0 Å². The van der Waals surface area contributed by atoms with Gasteiger partial charge in [-0.25, -0.2) is 0 Å². The number of piperidine rings is 1. The first-order chi connectivity index (χ1) is 11.2. The smallest absolute Gasteiger partial charge is 0.246 e. The highest BCUT2D eigenvalue weighted by atomic mass is 35.5. The molecule has 126 valence electrons. The SMILES string of the molecule is O=C1COC(CN2CCC(COc3ccncc3Cl)CC2)CN1. The summed E-state index contributed by atoms with van der Waals surface area (Å²) in [4.78, 5) is 17.4. The summed E-state index contributed by atoms with van der Waals surface area (Å²) < 4.78 is 11.3. The van der Waals surface area contributed by atoms with Gasteiger partial charge in [0.25, 0.3) is 0 Å². The van der Waals surface area contributed by atoms with Crippen LogP contribution in [-0.2, 0) is 9.53 Å². The van der Waals surface area contributed by atoms with Crippen LogP contribution in [-0.4, -0.2) is 61.3 Å². The average molecular weight is 340 g/mol. The predicted molar refractivity (Wildman–Crippen MR) is 86.7 cm³/mol. The lowest BCUT2D eigenvalue weighted by Gasteiger charge is -2.35. The number of aromatic nitrogens is 1. The van der Waals surface area contributed by atoms with Gasteiger partial charge in [-0.2, -0.15) is 0 Å². The Morgan fingerprint density at radius 2 is 2.26 bits per heavy atom. The van der Waals surface area contributed by atoms with Gasteiger partial charge in [-0.15, -0.1) is 0 Å². The number of carbonyl (C=O) groups excluding carboxylic acids is 1. The molecule has 6 nitrogen and oxygen atoms in total. The Bertz CT molecular complexity index is 525. The van der Waals surface area contributed by atoms with Crippen molar-refractivity contribution in [3.05, 3.63) is 23.5 Å². The highest BCUT2D eigenvalue weighted by molar-refractivity contribution is 6.31. The molecule has 2 aliphatic heterocycles. The van der Waals surface area contributed by atoms with Gasteiger partial charge in [0.1, 0.15) is 17.4 Å². The van der Waals surface area contributed by atoms with Gasteiger partial charge < -0.3 is 19.7 Å². The summed E-state index contributed by atoms with van der Waals surface area (Å²) in [5, 5.41) is 3.40. The lowest BCUT2D eigenvalue weighted by Crippen LogP contribution is -2.49. The van der Waals surface area contributed by atoms with Crippen LogP contribution in [0.2, 0.25) is 5.02 Å². The molecule has 3 rings (SSSR count). The minimum atomic E-state index is -0.0214. The zero-order valence-electron chi connectivity index (χ0n) is 13.0. The Morgan fingerprint density at radius 3 is 2.96 bits per heavy atom. The van der Waals surface area contributed by atoms with Crippen molar-refractivity contribution >= 4 is 17.5 Å². The number of hydrogen-bond donors (Lipinski definition) is 1. The number of ether oxygens (including phenoxy) is 2. The first kappa shape index (κ1) is 16.5. The number of morpholine rings is 1. The fraction of sp³-hybridized carbons (Fsp3) is 0.625. The molecule has 2 saturated heterocycles. The molecule has 1 N–H and O–H groups in total. The van der Waals surface area contributed by atoms with E-state index in [9.17, 15) is 4.79 Å². The van der Waals surface area contributed by atoms with E-state index in [1.54, 1.807) is 18.5 Å². The van der Waals surface area contributed by atoms with Crippen LogP contribution in [0.1, 0.15) is 12.8 Å². The van der Waals surface area contributed by atoms with Gasteiger partial charge in [0, 0.05) is 31.5 Å². The average Bonchev–Trinajstić information content (AvgIpc) is 2.58. The van der Waals surface area contributed by atoms with Gasteiger partial charge in [0.05, 0.1) is 12.7 Å². The monoisotopic (exact) mass is 339 g/mol. The highest BCUT2D eigenvalue weighted by Crippen LogP contribution is 2.24. The molecule has 0 spiro atoms. The maximum Gasteiger partial charge on any atom is 0.246 e. The Morgan fingerprint density at radius 1 is 1.43 bits per heavy atom. The van der Waals surface area contributed by atoms with E-state index in [0.29, 0.717) is 29.8 Å². The normalized spacial score (nSPS) is 23.5. The van der Waals surface area contributed by atoms with Crippen LogP contribution < -0.4 is 10.1 Å². The summed E-state index contributed by atoms with van der Waals surface area (Å²) in [5.74, 6) is 1.23. The van der Waals surface area contributed by atoms with Gasteiger partial charge in [0.2, 0.25) is 5.91 Å². The van der Waals surface area contributed by atoms with Crippen molar-refractivity contribution in [1.82, 2.24) is 15.2 Å². The zero-order valence-corrected chi connectivity index (χ0v) is 13.8. The lowest BCUT2D eigenvalue weighted by molar-refractivity contribution is -0.134. The second kappa shape index (κ2) is 7.95. The van der Waals surface area contributed by atoms with Gasteiger partial charge in [-0.3, -0.25) is 9.78 Å². The van der Waals surface area contributed by atoms with E-state index in [-0.39, 0.29) is 18.6 Å². The number of halogens is 1. The Hall–Kier alpha value is -1.37. The molecule has 1 unspecified atom stereocenters.